The largest absolute Gasteiger partial charge is 1.00 e. The average molecular weight is 429 g/mol. The molecule has 0 bridgehead atoms. The van der Waals surface area contributed by atoms with Crippen LogP contribution >= 0.6 is 0 Å². The van der Waals surface area contributed by atoms with Crippen molar-refractivity contribution in [3.63, 3.8) is 0 Å². The molecule has 2 aromatic carbocycles. The molecule has 5 nitrogen and oxygen atoms in total. The third-order valence-electron chi connectivity index (χ3n) is 5.69. The van der Waals surface area contributed by atoms with Crippen molar-refractivity contribution in [1.29, 1.82) is 0 Å². The molecule has 1 aliphatic heterocycles. The molecule has 1 aromatic heterocycles. The van der Waals surface area contributed by atoms with E-state index in [2.05, 4.69) is 47.3 Å². The fourth-order valence-electron chi connectivity index (χ4n) is 4.10. The predicted molar refractivity (Wildman–Crippen MR) is 116 cm³/mol. The number of methoxy groups -OCH3 is 3. The quantitative estimate of drug-likeness (QED) is 0.458. The van der Waals surface area contributed by atoms with Crippen LogP contribution in [0.4, 0.5) is 5.69 Å². The first kappa shape index (κ1) is 22.0. The second kappa shape index (κ2) is 9.43. The lowest BCUT2D eigenvalue weighted by atomic mass is 9.95. The predicted octanol–water partition coefficient (Wildman–Crippen LogP) is 1.59. The molecule has 0 atom stereocenters. The molecule has 0 saturated heterocycles. The Bertz CT molecular complexity index is 1050. The summed E-state index contributed by atoms with van der Waals surface area (Å²) in [6, 6.07) is 10.6. The maximum Gasteiger partial charge on any atom is 0.213 e. The molecule has 0 amide bonds. The van der Waals surface area contributed by atoms with Crippen molar-refractivity contribution < 1.29 is 31.2 Å². The van der Waals surface area contributed by atoms with E-state index < -0.39 is 0 Å². The van der Waals surface area contributed by atoms with E-state index in [1.165, 1.54) is 27.6 Å². The van der Waals surface area contributed by atoms with Crippen molar-refractivity contribution in [2.75, 3.05) is 33.2 Å². The highest BCUT2D eigenvalue weighted by Crippen LogP contribution is 2.39. The maximum absolute atomic E-state index is 5.64. The van der Waals surface area contributed by atoms with Gasteiger partial charge in [-0.3, -0.25) is 0 Å². The van der Waals surface area contributed by atoms with Gasteiger partial charge in [-0.2, -0.15) is 4.57 Å². The monoisotopic (exact) mass is 428 g/mol. The van der Waals surface area contributed by atoms with Gasteiger partial charge in [-0.25, -0.2) is 0 Å². The summed E-state index contributed by atoms with van der Waals surface area (Å²) in [6.07, 6.45) is 5.50. The molecule has 0 spiro atoms. The number of fused-ring (bicyclic) bond motifs is 4. The minimum Gasteiger partial charge on any atom is -1.00 e. The summed E-state index contributed by atoms with van der Waals surface area (Å²) in [6.45, 7) is 4.07. The van der Waals surface area contributed by atoms with Crippen LogP contribution in [0.15, 0.2) is 36.5 Å². The first-order chi connectivity index (χ1) is 14.2. The highest BCUT2D eigenvalue weighted by molar-refractivity contribution is 5.97. The number of nitrogens with one attached hydrogen (secondary N) is 1. The van der Waals surface area contributed by atoms with Crippen molar-refractivity contribution in [2.24, 2.45) is 0 Å². The van der Waals surface area contributed by atoms with Crippen LogP contribution < -0.4 is 36.5 Å². The van der Waals surface area contributed by atoms with Crippen molar-refractivity contribution in [1.82, 2.24) is 0 Å². The molecule has 2 heterocycles. The maximum atomic E-state index is 5.64. The van der Waals surface area contributed by atoms with Gasteiger partial charge in [-0.1, -0.05) is 19.4 Å². The highest BCUT2D eigenvalue weighted by Gasteiger charge is 2.26. The Labute approximate surface area is 184 Å². The number of aromatic nitrogens is 1. The van der Waals surface area contributed by atoms with Gasteiger partial charge in [0.2, 0.25) is 5.69 Å². The van der Waals surface area contributed by atoms with E-state index in [0.29, 0.717) is 0 Å². The van der Waals surface area contributed by atoms with E-state index in [0.717, 1.165) is 55.3 Å². The van der Waals surface area contributed by atoms with E-state index >= 15 is 0 Å². The molecule has 1 aliphatic rings. The third-order valence-corrected chi connectivity index (χ3v) is 5.69. The first-order valence-electron chi connectivity index (χ1n) is 10.2. The number of benzene rings is 2. The molecular weight excluding hydrogens is 400 g/mol. The second-order valence-corrected chi connectivity index (χ2v) is 7.39. The van der Waals surface area contributed by atoms with Crippen LogP contribution in [0, 0.1) is 0 Å². The minimum atomic E-state index is 0. The van der Waals surface area contributed by atoms with Crippen molar-refractivity contribution in [3.05, 3.63) is 42.1 Å². The van der Waals surface area contributed by atoms with Crippen LogP contribution in [-0.2, 0) is 13.0 Å². The topological polar surface area (TPSA) is 43.6 Å². The number of anilines is 1. The summed E-state index contributed by atoms with van der Waals surface area (Å²) in [5.41, 5.74) is 4.76. The average Bonchev–Trinajstić information content (AvgIpc) is 2.76. The summed E-state index contributed by atoms with van der Waals surface area (Å²) in [4.78, 5) is 0. The molecule has 0 unspecified atom stereocenters. The van der Waals surface area contributed by atoms with Crippen LogP contribution in [-0.4, -0.2) is 27.9 Å². The fourth-order valence-corrected chi connectivity index (χ4v) is 4.10. The Morgan fingerprint density at radius 1 is 0.967 bits per heavy atom. The Balaban J connectivity index is 0.00000256. The Morgan fingerprint density at radius 3 is 2.40 bits per heavy atom. The van der Waals surface area contributed by atoms with Crippen LogP contribution in [0.2, 0.25) is 0 Å². The van der Waals surface area contributed by atoms with E-state index in [1.807, 2.05) is 6.07 Å². The first-order valence-corrected chi connectivity index (χ1v) is 10.2. The molecular formula is C24H29ClN2O3. The zero-order chi connectivity index (χ0) is 20.4. The number of pyridine rings is 1. The standard InChI is InChI=1S/C24H28N2O3.ClH/c1-5-6-10-25-24-19-15-26-11-9-17-13-22(28-3)23(29-4)14-18(17)20(26)12-16(19)7-8-21(24)27-2;/h7-8,12-15H,5-6,9-11H2,1-4H3;1H. The molecule has 6 heteroatoms. The zero-order valence-electron chi connectivity index (χ0n) is 18.0. The molecule has 0 fully saturated rings. The van der Waals surface area contributed by atoms with E-state index in [4.69, 9.17) is 14.2 Å². The summed E-state index contributed by atoms with van der Waals surface area (Å²) in [5, 5.41) is 5.97. The summed E-state index contributed by atoms with van der Waals surface area (Å²) >= 11 is 0. The lowest BCUT2D eigenvalue weighted by Gasteiger charge is -2.19. The van der Waals surface area contributed by atoms with Gasteiger partial charge in [0.1, 0.15) is 5.75 Å². The summed E-state index contributed by atoms with van der Waals surface area (Å²) in [5.74, 6) is 2.43. The molecule has 160 valence electrons. The van der Waals surface area contributed by atoms with E-state index in [1.54, 1.807) is 21.3 Å². The number of halogens is 1. The number of hydrogen-bond donors (Lipinski definition) is 1. The van der Waals surface area contributed by atoms with Gasteiger partial charge in [-0.15, -0.1) is 0 Å². The lowest BCUT2D eigenvalue weighted by molar-refractivity contribution is -0.686. The van der Waals surface area contributed by atoms with E-state index in [9.17, 15) is 0 Å². The van der Waals surface area contributed by atoms with Gasteiger partial charge >= 0.3 is 0 Å². The number of nitrogens with zero attached hydrogens (tertiary/aromatic N) is 1. The molecule has 1 N–H and O–H groups in total. The number of aryl methyl sites for hydroxylation is 2. The van der Waals surface area contributed by atoms with Gasteiger partial charge in [0.25, 0.3) is 0 Å². The number of rotatable bonds is 7. The van der Waals surface area contributed by atoms with Crippen molar-refractivity contribution in [2.45, 2.75) is 32.7 Å². The van der Waals surface area contributed by atoms with Crippen molar-refractivity contribution >= 4 is 16.5 Å². The summed E-state index contributed by atoms with van der Waals surface area (Å²) < 4.78 is 19.0. The summed E-state index contributed by atoms with van der Waals surface area (Å²) in [7, 11) is 5.10. The molecule has 3 aromatic rings. The van der Waals surface area contributed by atoms with Gasteiger partial charge in [0.15, 0.2) is 24.2 Å². The van der Waals surface area contributed by atoms with Crippen LogP contribution in [0.1, 0.15) is 25.3 Å². The molecule has 0 radical (unpaired) electrons. The van der Waals surface area contributed by atoms with Crippen molar-refractivity contribution in [3.8, 4) is 28.5 Å². The fraction of sp³-hybridized carbons (Fsp3) is 0.375. The third kappa shape index (κ3) is 3.86. The minimum absolute atomic E-state index is 0. The smallest absolute Gasteiger partial charge is 0.213 e. The van der Waals surface area contributed by atoms with Gasteiger partial charge in [-0.05, 0) is 35.6 Å². The molecule has 30 heavy (non-hydrogen) atoms. The van der Waals surface area contributed by atoms with E-state index in [-0.39, 0.29) is 12.4 Å². The second-order valence-electron chi connectivity index (χ2n) is 7.39. The Morgan fingerprint density at radius 2 is 1.70 bits per heavy atom. The SMILES string of the molecule is CCCCNc1c(OC)ccc2cc3[n+](cc12)CCc1cc(OC)c(OC)cc1-3.[Cl-]. The Hall–Kier alpha value is -2.66. The molecule has 0 aliphatic carbocycles. The van der Waals surface area contributed by atoms with Crippen LogP contribution in [0.3, 0.4) is 0 Å². The Kier molecular flexibility index (Phi) is 6.93. The van der Waals surface area contributed by atoms with Gasteiger partial charge in [0, 0.05) is 19.0 Å². The number of hydrogen-bond acceptors (Lipinski definition) is 4. The highest BCUT2D eigenvalue weighted by atomic mass is 35.5. The van der Waals surface area contributed by atoms with Gasteiger partial charge in [0.05, 0.1) is 38.0 Å². The molecule has 4 rings (SSSR count). The normalized spacial score (nSPS) is 11.9. The number of unbranched alkanes of at least 4 members (excludes halogenated alkanes) is 1. The van der Waals surface area contributed by atoms with Crippen LogP contribution in [0.25, 0.3) is 22.0 Å². The zero-order valence-corrected chi connectivity index (χ0v) is 18.8. The molecule has 0 saturated carbocycles. The van der Waals surface area contributed by atoms with Gasteiger partial charge < -0.3 is 31.9 Å². The number of ether oxygens (including phenoxy) is 3. The lowest BCUT2D eigenvalue weighted by Crippen LogP contribution is -3.00. The van der Waals surface area contributed by atoms with Crippen LogP contribution in [0.5, 0.6) is 17.2 Å².